The molecule has 1 aliphatic rings. The van der Waals surface area contributed by atoms with Crippen molar-refractivity contribution < 1.29 is 19.1 Å². The predicted octanol–water partition coefficient (Wildman–Crippen LogP) is 3.08. The Hall–Kier alpha value is -2.17. The highest BCUT2D eigenvalue weighted by molar-refractivity contribution is 5.98. The molecule has 0 aliphatic carbocycles. The average molecular weight is 331 g/mol. The minimum atomic E-state index is -0.191. The zero-order chi connectivity index (χ0) is 17.4. The summed E-state index contributed by atoms with van der Waals surface area (Å²) in [5, 5.41) is 0. The van der Waals surface area contributed by atoms with Crippen LogP contribution in [0.4, 0.5) is 0 Å². The Morgan fingerprint density at radius 2 is 1.92 bits per heavy atom. The van der Waals surface area contributed by atoms with Gasteiger partial charge < -0.3 is 4.74 Å². The molecule has 2 amide bonds. The molecule has 0 N–H and O–H groups in total. The van der Waals surface area contributed by atoms with Gasteiger partial charge in [-0.05, 0) is 24.8 Å². The van der Waals surface area contributed by atoms with Crippen molar-refractivity contribution in [1.82, 2.24) is 4.90 Å². The summed E-state index contributed by atoms with van der Waals surface area (Å²) >= 11 is 0. The molecule has 1 aromatic carbocycles. The van der Waals surface area contributed by atoms with Gasteiger partial charge in [-0.3, -0.25) is 19.3 Å². The van der Waals surface area contributed by atoms with E-state index in [1.807, 2.05) is 30.3 Å². The van der Waals surface area contributed by atoms with Crippen LogP contribution in [0, 0.1) is 5.92 Å². The number of benzene rings is 1. The molecule has 5 nitrogen and oxygen atoms in total. The van der Waals surface area contributed by atoms with Crippen LogP contribution in [0.25, 0.3) is 0 Å². The van der Waals surface area contributed by atoms with Crippen molar-refractivity contribution in [3.63, 3.8) is 0 Å². The molecule has 0 spiro atoms. The third-order valence-corrected chi connectivity index (χ3v) is 4.47. The van der Waals surface area contributed by atoms with E-state index >= 15 is 0 Å². The maximum absolute atomic E-state index is 12.6. The van der Waals surface area contributed by atoms with E-state index in [1.165, 1.54) is 12.0 Å². The van der Waals surface area contributed by atoms with Crippen LogP contribution in [-0.2, 0) is 25.7 Å². The van der Waals surface area contributed by atoms with Crippen LogP contribution in [0.5, 0.6) is 0 Å². The lowest BCUT2D eigenvalue weighted by molar-refractivity contribution is -0.152. The Kier molecular flexibility index (Phi) is 6.97. The van der Waals surface area contributed by atoms with Crippen LogP contribution in [0.15, 0.2) is 30.3 Å². The molecule has 1 atom stereocenters. The van der Waals surface area contributed by atoms with Crippen LogP contribution in [-0.4, -0.2) is 29.8 Å². The van der Waals surface area contributed by atoms with E-state index in [2.05, 4.69) is 4.74 Å². The molecule has 1 aliphatic heterocycles. The normalized spacial score (nSPS) is 17.9. The van der Waals surface area contributed by atoms with Gasteiger partial charge in [0.05, 0.1) is 13.7 Å². The largest absolute Gasteiger partial charge is 0.469 e. The summed E-state index contributed by atoms with van der Waals surface area (Å²) in [7, 11) is 1.39. The number of piperidine rings is 1. The maximum atomic E-state index is 12.6. The van der Waals surface area contributed by atoms with Crippen LogP contribution in [0.1, 0.15) is 50.5 Å². The van der Waals surface area contributed by atoms with E-state index in [0.717, 1.165) is 31.2 Å². The van der Waals surface area contributed by atoms with E-state index < -0.39 is 0 Å². The Morgan fingerprint density at radius 3 is 2.62 bits per heavy atom. The molecule has 1 fully saturated rings. The number of likely N-dealkylation sites (tertiary alicyclic amines) is 1. The van der Waals surface area contributed by atoms with Crippen molar-refractivity contribution >= 4 is 17.8 Å². The first-order chi connectivity index (χ1) is 11.6. The van der Waals surface area contributed by atoms with Crippen molar-refractivity contribution in [3.8, 4) is 0 Å². The fourth-order valence-corrected chi connectivity index (χ4v) is 3.04. The summed E-state index contributed by atoms with van der Waals surface area (Å²) in [6.07, 6.45) is 4.84. The third-order valence-electron chi connectivity index (χ3n) is 4.47. The number of amides is 2. The number of esters is 1. The predicted molar refractivity (Wildman–Crippen MR) is 89.8 cm³/mol. The molecule has 1 unspecified atom stereocenters. The molecule has 130 valence electrons. The van der Waals surface area contributed by atoms with Crippen molar-refractivity contribution in [1.29, 1.82) is 0 Å². The lowest BCUT2D eigenvalue weighted by atomic mass is 9.90. The number of nitrogens with zero attached hydrogens (tertiary/aromatic N) is 1. The minimum absolute atomic E-state index is 0.0527. The maximum Gasteiger partial charge on any atom is 0.305 e. The Balaban J connectivity index is 1.81. The number of carbonyl (C=O) groups excluding carboxylic acids is 3. The van der Waals surface area contributed by atoms with E-state index in [0.29, 0.717) is 25.8 Å². The second kappa shape index (κ2) is 9.21. The Labute approximate surface area is 143 Å². The number of ether oxygens (including phenoxy) is 1. The van der Waals surface area contributed by atoms with E-state index in [4.69, 9.17) is 0 Å². The first-order valence-electron chi connectivity index (χ1n) is 8.56. The third kappa shape index (κ3) is 5.18. The van der Waals surface area contributed by atoms with Gasteiger partial charge in [0.15, 0.2) is 0 Å². The topological polar surface area (TPSA) is 63.7 Å². The molecule has 5 heteroatoms. The highest BCUT2D eigenvalue weighted by Crippen LogP contribution is 2.25. The highest BCUT2D eigenvalue weighted by atomic mass is 16.5. The minimum Gasteiger partial charge on any atom is -0.469 e. The van der Waals surface area contributed by atoms with Gasteiger partial charge in [-0.1, -0.05) is 43.2 Å². The summed E-state index contributed by atoms with van der Waals surface area (Å²) in [6, 6.07) is 9.59. The van der Waals surface area contributed by atoms with Gasteiger partial charge in [0, 0.05) is 18.8 Å². The summed E-state index contributed by atoms with van der Waals surface area (Å²) in [5.41, 5.74) is 0.970. The van der Waals surface area contributed by atoms with Gasteiger partial charge in [0.1, 0.15) is 0 Å². The standard InChI is InChI=1S/C19H25NO4/c1-24-18(22)11-7-3-6-10-16-12-13-17(21)20(19(16)23)14-15-8-4-2-5-9-15/h2,4-5,8-9,16H,3,6-7,10-14H2,1H3. The SMILES string of the molecule is COC(=O)CCCCCC1CCC(=O)N(Cc2ccccc2)C1=O. The number of methoxy groups -OCH3 is 1. The zero-order valence-corrected chi connectivity index (χ0v) is 14.2. The number of imide groups is 1. The lowest BCUT2D eigenvalue weighted by Gasteiger charge is -2.30. The second-order valence-electron chi connectivity index (χ2n) is 6.21. The monoisotopic (exact) mass is 331 g/mol. The second-order valence-corrected chi connectivity index (χ2v) is 6.21. The molecular formula is C19H25NO4. The molecule has 0 aromatic heterocycles. The summed E-state index contributed by atoms with van der Waals surface area (Å²) < 4.78 is 4.61. The zero-order valence-electron chi connectivity index (χ0n) is 14.2. The fourth-order valence-electron chi connectivity index (χ4n) is 3.04. The Morgan fingerprint density at radius 1 is 1.17 bits per heavy atom. The number of hydrogen-bond acceptors (Lipinski definition) is 4. The van der Waals surface area contributed by atoms with Crippen molar-refractivity contribution in [3.05, 3.63) is 35.9 Å². The first-order valence-corrected chi connectivity index (χ1v) is 8.56. The molecule has 0 radical (unpaired) electrons. The van der Waals surface area contributed by atoms with Crippen molar-refractivity contribution in [2.45, 2.75) is 51.5 Å². The van der Waals surface area contributed by atoms with Gasteiger partial charge in [-0.25, -0.2) is 0 Å². The number of carbonyl (C=O) groups is 3. The molecule has 0 saturated carbocycles. The van der Waals surface area contributed by atoms with Crippen LogP contribution < -0.4 is 0 Å². The van der Waals surface area contributed by atoms with Gasteiger partial charge in [-0.15, -0.1) is 0 Å². The van der Waals surface area contributed by atoms with E-state index in [1.54, 1.807) is 0 Å². The molecule has 0 bridgehead atoms. The van der Waals surface area contributed by atoms with Gasteiger partial charge in [0.2, 0.25) is 11.8 Å². The highest BCUT2D eigenvalue weighted by Gasteiger charge is 2.33. The average Bonchev–Trinajstić information content (AvgIpc) is 2.60. The lowest BCUT2D eigenvalue weighted by Crippen LogP contribution is -2.44. The van der Waals surface area contributed by atoms with Gasteiger partial charge >= 0.3 is 5.97 Å². The summed E-state index contributed by atoms with van der Waals surface area (Å²) in [5.74, 6) is -0.401. The van der Waals surface area contributed by atoms with E-state index in [9.17, 15) is 14.4 Å². The molecule has 1 heterocycles. The van der Waals surface area contributed by atoms with Crippen LogP contribution in [0.3, 0.4) is 0 Å². The molecule has 1 saturated heterocycles. The quantitative estimate of drug-likeness (QED) is 0.417. The fraction of sp³-hybridized carbons (Fsp3) is 0.526. The molecular weight excluding hydrogens is 306 g/mol. The summed E-state index contributed by atoms with van der Waals surface area (Å²) in [6.45, 7) is 0.358. The molecule has 1 aromatic rings. The first kappa shape index (κ1) is 18.2. The Bertz CT molecular complexity index is 570. The number of hydrogen-bond donors (Lipinski definition) is 0. The summed E-state index contributed by atoms with van der Waals surface area (Å²) in [4.78, 5) is 37.1. The number of unbranched alkanes of at least 4 members (excludes halogenated alkanes) is 2. The smallest absolute Gasteiger partial charge is 0.305 e. The number of rotatable bonds is 8. The van der Waals surface area contributed by atoms with Crippen LogP contribution >= 0.6 is 0 Å². The van der Waals surface area contributed by atoms with Crippen molar-refractivity contribution in [2.24, 2.45) is 5.92 Å². The molecule has 2 rings (SSSR count). The van der Waals surface area contributed by atoms with Gasteiger partial charge in [-0.2, -0.15) is 0 Å². The molecule has 24 heavy (non-hydrogen) atoms. The van der Waals surface area contributed by atoms with E-state index in [-0.39, 0.29) is 23.7 Å². The van der Waals surface area contributed by atoms with Crippen LogP contribution in [0.2, 0.25) is 0 Å². The van der Waals surface area contributed by atoms with Crippen molar-refractivity contribution in [2.75, 3.05) is 7.11 Å². The van der Waals surface area contributed by atoms with Gasteiger partial charge in [0.25, 0.3) is 0 Å².